The first kappa shape index (κ1) is 75.8. The molecule has 10 unspecified atom stereocenters. The smallest absolute Gasteiger partial charge is 0.870 e. The van der Waals surface area contributed by atoms with Gasteiger partial charge in [0.05, 0.1) is 0 Å². The number of aliphatic hydroxyl groups is 4. The minimum absolute atomic E-state index is 0. The van der Waals surface area contributed by atoms with Gasteiger partial charge in [-0.15, -0.1) is 0 Å². The Kier molecular flexibility index (Phi) is 52.2. The molecule has 254 valence electrons. The van der Waals surface area contributed by atoms with Gasteiger partial charge in [0.2, 0.25) is 0 Å². The minimum atomic E-state index is -5.19. The summed E-state index contributed by atoms with van der Waals surface area (Å²) < 4.78 is 38.1. The molecule has 0 aromatic rings. The Morgan fingerprint density at radius 1 is 0.605 bits per heavy atom. The molecule has 26 nitrogen and oxygen atoms in total. The van der Waals surface area contributed by atoms with E-state index in [2.05, 4.69) is 0 Å². The molecule has 0 saturated carbocycles. The fourth-order valence-corrected chi connectivity index (χ4v) is 23.5. The molecular formula is C12H37Na3O26Sb2. The van der Waals surface area contributed by atoms with Crippen molar-refractivity contribution >= 4 is 52.9 Å². The second-order valence-corrected chi connectivity index (χ2v) is 18.8. The van der Waals surface area contributed by atoms with E-state index in [1.54, 1.807) is 0 Å². The summed E-state index contributed by atoms with van der Waals surface area (Å²) >= 11 is -10.4. The molecule has 0 aromatic carbocycles. The Morgan fingerprint density at radius 3 is 1.07 bits per heavy atom. The molecule has 2 radical (unpaired) electrons. The van der Waals surface area contributed by atoms with Crippen LogP contribution in [0.1, 0.15) is 0 Å². The van der Waals surface area contributed by atoms with Crippen LogP contribution in [-0.2, 0) is 29.0 Å². The predicted molar refractivity (Wildman–Crippen MR) is 116 cm³/mol. The summed E-state index contributed by atoms with van der Waals surface area (Å²) in [5.41, 5.74) is 0. The molecule has 31 heteroatoms. The molecule has 4 bridgehead atoms. The van der Waals surface area contributed by atoms with E-state index < -0.39 is 115 Å². The number of hydrogen-bond donors (Lipinski definition) is 4. The van der Waals surface area contributed by atoms with E-state index in [0.717, 1.165) is 0 Å². The third-order valence-corrected chi connectivity index (χ3v) is 21.8. The van der Waals surface area contributed by atoms with E-state index >= 15 is 0 Å². The molecule has 0 aliphatic carbocycles. The Bertz CT molecular complexity index is 662. The van der Waals surface area contributed by atoms with Crippen molar-refractivity contribution in [3.63, 3.8) is 0 Å². The average Bonchev–Trinajstić information content (AvgIpc) is 3.42. The zero-order valence-corrected chi connectivity index (χ0v) is 33.8. The van der Waals surface area contributed by atoms with Crippen molar-refractivity contribution in [1.82, 2.24) is 0 Å². The Morgan fingerprint density at radius 2 is 0.860 bits per heavy atom. The van der Waals surface area contributed by atoms with Crippen molar-refractivity contribution in [3.05, 3.63) is 0 Å². The van der Waals surface area contributed by atoms with Crippen LogP contribution < -0.4 is 98.9 Å². The third-order valence-electron chi connectivity index (χ3n) is 4.53. The van der Waals surface area contributed by atoms with E-state index in [1.807, 2.05) is 0 Å². The largest absolute Gasteiger partial charge is 1.00 e. The number of aliphatic hydroxyl groups excluding tert-OH is 4. The first-order chi connectivity index (χ1) is 13.6. The molecule has 4 rings (SSSR count). The van der Waals surface area contributed by atoms with Crippen LogP contribution in [0.5, 0.6) is 0 Å². The van der Waals surface area contributed by atoms with Gasteiger partial charge in [0, 0.05) is 0 Å². The third kappa shape index (κ3) is 14.6. The Balaban J connectivity index is -0.0000000813. The van der Waals surface area contributed by atoms with Crippen LogP contribution >= 0.6 is 0 Å². The number of rotatable bonds is 8. The number of aliphatic carboxylic acids is 2. The van der Waals surface area contributed by atoms with Gasteiger partial charge in [-0.05, 0) is 0 Å². The molecule has 0 amide bonds. The summed E-state index contributed by atoms with van der Waals surface area (Å²) in [6.07, 6.45) is -11.8. The maximum atomic E-state index is 11.3. The van der Waals surface area contributed by atoms with Gasteiger partial charge in [0.1, 0.15) is 0 Å². The standard InChI is InChI=1S/2C6H9O7.3Na.11H2O.O.2Sb/c2*7-1-2(8)3(9)4(10)5(11)6(12)13;;;;;;;;;;;;;;;;;/h2*2-5,7-8H,1H2,(H,12,13);;;;11*1H2;;;/q2*-3;3*+1;;;;;;;;;;;;;2*+3/p-3. The molecule has 4 aliphatic heterocycles. The summed E-state index contributed by atoms with van der Waals surface area (Å²) in [5, 5.41) is 60.7. The van der Waals surface area contributed by atoms with Crippen LogP contribution in [0.4, 0.5) is 0 Å². The van der Waals surface area contributed by atoms with Crippen molar-refractivity contribution in [2.24, 2.45) is 0 Å². The van der Waals surface area contributed by atoms with E-state index in [-0.39, 0.29) is 149 Å². The molecule has 25 N–H and O–H groups in total. The van der Waals surface area contributed by atoms with Crippen LogP contribution in [-0.4, -0.2) is 196 Å². The maximum Gasteiger partial charge on any atom is 1.00 e. The molecule has 0 aromatic heterocycles. The quantitative estimate of drug-likeness (QED) is 0.164. The van der Waals surface area contributed by atoms with E-state index in [1.165, 1.54) is 0 Å². The SMILES string of the molecule is O.O.O.O.O.O.O.O.O.O.O=C([O-])C1[O][Sb]2([O][Sb]34[O]C(C(=O)[O-])C([O]3)C(C(O)CO)[O]4)[O]C(C(O)CO)C1[O]2.[Na+].[Na+].[Na+].[OH-]. The van der Waals surface area contributed by atoms with Crippen molar-refractivity contribution < 1.29 is 209 Å². The van der Waals surface area contributed by atoms with Gasteiger partial charge in [-0.25, -0.2) is 0 Å². The van der Waals surface area contributed by atoms with Gasteiger partial charge in [-0.2, -0.15) is 0 Å². The second-order valence-electron chi connectivity index (χ2n) is 6.45. The van der Waals surface area contributed by atoms with Gasteiger partial charge in [-0.3, -0.25) is 0 Å². The summed E-state index contributed by atoms with van der Waals surface area (Å²) in [4.78, 5) is 22.7. The first-order valence-electron chi connectivity index (χ1n) is 8.23. The van der Waals surface area contributed by atoms with Crippen LogP contribution in [0, 0.1) is 0 Å². The molecule has 4 heterocycles. The Labute approximate surface area is 319 Å². The molecule has 4 fully saturated rings. The zero-order valence-electron chi connectivity index (χ0n) is 22.7. The number of fused-ring (bicyclic) bond motifs is 4. The maximum absolute atomic E-state index is 11.3. The minimum Gasteiger partial charge on any atom is -0.870 e. The number of carbonyl (C=O) groups is 2. The van der Waals surface area contributed by atoms with Crippen LogP contribution in [0.15, 0.2) is 0 Å². The van der Waals surface area contributed by atoms with Gasteiger partial charge < -0.3 is 60.2 Å². The summed E-state index contributed by atoms with van der Waals surface area (Å²) in [7, 11) is 0. The molecule has 4 aliphatic rings. The Hall–Kier alpha value is 2.70. The van der Waals surface area contributed by atoms with Gasteiger partial charge >= 0.3 is 263 Å². The molecule has 10 atom stereocenters. The number of carboxylic acid groups (broad SMARTS) is 2. The second kappa shape index (κ2) is 29.6. The van der Waals surface area contributed by atoms with Gasteiger partial charge in [0.25, 0.3) is 0 Å². The number of carbonyl (C=O) groups excluding carboxylic acids is 2. The van der Waals surface area contributed by atoms with Crippen molar-refractivity contribution in [2.75, 3.05) is 13.2 Å². The fraction of sp³-hybridized carbons (Fsp3) is 0.833. The van der Waals surface area contributed by atoms with Crippen molar-refractivity contribution in [1.29, 1.82) is 0 Å². The van der Waals surface area contributed by atoms with Gasteiger partial charge in [0.15, 0.2) is 0 Å². The van der Waals surface area contributed by atoms with E-state index in [9.17, 15) is 30.0 Å². The normalized spacial score (nSPS) is 32.0. The van der Waals surface area contributed by atoms with E-state index in [4.69, 9.17) is 29.6 Å². The predicted octanol–water partition coefficient (Wildman–Crippen LogP) is -25.0. The van der Waals surface area contributed by atoms with Crippen LogP contribution in [0.25, 0.3) is 0 Å². The zero-order chi connectivity index (χ0) is 21.1. The van der Waals surface area contributed by atoms with Crippen LogP contribution in [0.2, 0.25) is 0 Å². The summed E-state index contributed by atoms with van der Waals surface area (Å²) in [6.45, 7) is -1.55. The van der Waals surface area contributed by atoms with E-state index in [0.29, 0.717) is 0 Å². The fourth-order valence-electron chi connectivity index (χ4n) is 3.22. The molecular weight excluding hydrogens is 873 g/mol. The first-order valence-corrected chi connectivity index (χ1v) is 16.6. The number of hydrogen-bond acceptors (Lipinski definition) is 16. The van der Waals surface area contributed by atoms with Gasteiger partial charge in [-0.1, -0.05) is 0 Å². The topological polar surface area (TPSA) is 571 Å². The summed E-state index contributed by atoms with van der Waals surface area (Å²) in [6, 6.07) is 0. The molecule has 43 heavy (non-hydrogen) atoms. The molecule has 0 spiro atoms. The van der Waals surface area contributed by atoms with Crippen molar-refractivity contribution in [3.8, 4) is 0 Å². The summed E-state index contributed by atoms with van der Waals surface area (Å²) in [5.74, 6) is -3.36. The number of carboxylic acids is 2. The molecule has 4 saturated heterocycles. The average molecular weight is 910 g/mol. The van der Waals surface area contributed by atoms with Crippen LogP contribution in [0.3, 0.4) is 0 Å². The monoisotopic (exact) mass is 908 g/mol. The van der Waals surface area contributed by atoms with Crippen molar-refractivity contribution in [2.45, 2.75) is 48.8 Å².